The van der Waals surface area contributed by atoms with E-state index in [9.17, 15) is 9.59 Å². The van der Waals surface area contributed by atoms with Crippen molar-refractivity contribution in [3.05, 3.63) is 53.1 Å². The number of fused-ring (bicyclic) bond motifs is 1. The van der Waals surface area contributed by atoms with Crippen LogP contribution < -0.4 is 14.8 Å². The maximum atomic E-state index is 12.2. The minimum atomic E-state index is -0.944. The number of ether oxygens (including phenoxy) is 3. The Balaban J connectivity index is 1.55. The lowest BCUT2D eigenvalue weighted by Crippen LogP contribution is -2.30. The third kappa shape index (κ3) is 4.22. The van der Waals surface area contributed by atoms with Crippen LogP contribution in [0.3, 0.4) is 0 Å². The third-order valence-corrected chi connectivity index (χ3v) is 3.98. The van der Waals surface area contributed by atoms with Gasteiger partial charge in [0, 0.05) is 16.8 Å². The van der Waals surface area contributed by atoms with E-state index >= 15 is 0 Å². The Morgan fingerprint density at radius 3 is 2.76 bits per heavy atom. The van der Waals surface area contributed by atoms with Gasteiger partial charge >= 0.3 is 5.97 Å². The zero-order valence-corrected chi connectivity index (χ0v) is 14.2. The molecule has 1 aliphatic heterocycles. The Kier molecular flexibility index (Phi) is 5.09. The average molecular weight is 362 g/mol. The molecule has 3 rings (SSSR count). The molecule has 1 amide bonds. The molecule has 130 valence electrons. The van der Waals surface area contributed by atoms with Gasteiger partial charge in [-0.2, -0.15) is 0 Å². The van der Waals surface area contributed by atoms with Gasteiger partial charge in [0.25, 0.3) is 5.91 Å². The van der Waals surface area contributed by atoms with Gasteiger partial charge in [0.15, 0.2) is 17.6 Å². The summed E-state index contributed by atoms with van der Waals surface area (Å²) < 4.78 is 15.6. The van der Waals surface area contributed by atoms with Gasteiger partial charge in [-0.05, 0) is 30.7 Å². The molecule has 6 nitrogen and oxygen atoms in total. The van der Waals surface area contributed by atoms with Gasteiger partial charge in [-0.25, -0.2) is 0 Å². The predicted molar refractivity (Wildman–Crippen MR) is 91.9 cm³/mol. The molecular formula is C18H16ClNO5. The highest BCUT2D eigenvalue weighted by Gasteiger charge is 2.20. The summed E-state index contributed by atoms with van der Waals surface area (Å²) in [5.74, 6) is 0.214. The molecule has 25 heavy (non-hydrogen) atoms. The van der Waals surface area contributed by atoms with Gasteiger partial charge in [0.1, 0.15) is 0 Å². The maximum absolute atomic E-state index is 12.2. The van der Waals surface area contributed by atoms with E-state index in [1.165, 1.54) is 6.92 Å². The number of anilines is 1. The monoisotopic (exact) mass is 361 g/mol. The van der Waals surface area contributed by atoms with Crippen LogP contribution in [0.15, 0.2) is 42.5 Å². The number of rotatable bonds is 5. The van der Waals surface area contributed by atoms with Crippen molar-refractivity contribution in [3.8, 4) is 11.5 Å². The fourth-order valence-electron chi connectivity index (χ4n) is 2.31. The van der Waals surface area contributed by atoms with E-state index < -0.39 is 18.0 Å². The van der Waals surface area contributed by atoms with Crippen molar-refractivity contribution in [1.29, 1.82) is 0 Å². The van der Waals surface area contributed by atoms with Crippen molar-refractivity contribution >= 4 is 29.2 Å². The summed E-state index contributed by atoms with van der Waals surface area (Å²) in [4.78, 5) is 24.2. The fraction of sp³-hybridized carbons (Fsp3) is 0.222. The van der Waals surface area contributed by atoms with Crippen molar-refractivity contribution in [2.75, 3.05) is 12.1 Å². The first-order valence-electron chi connectivity index (χ1n) is 7.66. The topological polar surface area (TPSA) is 73.9 Å². The quantitative estimate of drug-likeness (QED) is 0.828. The number of amides is 1. The SMILES string of the molecule is C[C@@H](OC(=O)Cc1ccccc1Cl)C(=O)Nc1ccc2c(c1)OCO2. The molecule has 0 aromatic heterocycles. The van der Waals surface area contributed by atoms with Crippen LogP contribution in [0.1, 0.15) is 12.5 Å². The molecule has 2 aromatic carbocycles. The van der Waals surface area contributed by atoms with E-state index in [4.69, 9.17) is 25.8 Å². The standard InChI is InChI=1S/C18H16ClNO5/c1-11(25-17(21)8-12-4-2-3-5-14(12)19)18(22)20-13-6-7-15-16(9-13)24-10-23-15/h2-7,9,11H,8,10H2,1H3,(H,20,22)/t11-/m1/s1. The molecule has 1 N–H and O–H groups in total. The first kappa shape index (κ1) is 17.1. The number of esters is 1. The van der Waals surface area contributed by atoms with E-state index in [0.717, 1.165) is 0 Å². The Hall–Kier alpha value is -2.73. The summed E-state index contributed by atoms with van der Waals surface area (Å²) in [5, 5.41) is 3.16. The molecule has 1 heterocycles. The highest BCUT2D eigenvalue weighted by Crippen LogP contribution is 2.34. The normalized spacial score (nSPS) is 13.2. The van der Waals surface area contributed by atoms with Crippen LogP contribution in [0.2, 0.25) is 5.02 Å². The molecular weight excluding hydrogens is 346 g/mol. The molecule has 1 atom stereocenters. The van der Waals surface area contributed by atoms with E-state index in [1.54, 1.807) is 42.5 Å². The lowest BCUT2D eigenvalue weighted by atomic mass is 10.1. The largest absolute Gasteiger partial charge is 0.454 e. The molecule has 0 spiro atoms. The Morgan fingerprint density at radius 1 is 1.20 bits per heavy atom. The van der Waals surface area contributed by atoms with Crippen LogP contribution in [-0.2, 0) is 20.7 Å². The predicted octanol–water partition coefficient (Wildman–Crippen LogP) is 3.18. The lowest BCUT2D eigenvalue weighted by molar-refractivity contribution is -0.152. The van der Waals surface area contributed by atoms with Gasteiger partial charge in [-0.1, -0.05) is 29.8 Å². The first-order chi connectivity index (χ1) is 12.0. The van der Waals surface area contributed by atoms with Crippen LogP contribution in [0, 0.1) is 0 Å². The average Bonchev–Trinajstić information content (AvgIpc) is 3.04. The minimum Gasteiger partial charge on any atom is -0.454 e. The van der Waals surface area contributed by atoms with Crippen LogP contribution in [0.5, 0.6) is 11.5 Å². The second-order valence-corrected chi connectivity index (χ2v) is 5.86. The molecule has 7 heteroatoms. The molecule has 0 saturated heterocycles. The van der Waals surface area contributed by atoms with Gasteiger partial charge in [-0.15, -0.1) is 0 Å². The summed E-state index contributed by atoms with van der Waals surface area (Å²) in [6.45, 7) is 1.66. The summed E-state index contributed by atoms with van der Waals surface area (Å²) in [6, 6.07) is 12.0. The zero-order valence-electron chi connectivity index (χ0n) is 13.5. The number of halogens is 1. The number of hydrogen-bond donors (Lipinski definition) is 1. The maximum Gasteiger partial charge on any atom is 0.311 e. The van der Waals surface area contributed by atoms with Crippen molar-refractivity contribution in [3.63, 3.8) is 0 Å². The van der Waals surface area contributed by atoms with Crippen molar-refractivity contribution < 1.29 is 23.8 Å². The lowest BCUT2D eigenvalue weighted by Gasteiger charge is -2.14. The number of carbonyl (C=O) groups is 2. The number of hydrogen-bond acceptors (Lipinski definition) is 5. The van der Waals surface area contributed by atoms with Crippen molar-refractivity contribution in [1.82, 2.24) is 0 Å². The van der Waals surface area contributed by atoms with Crippen LogP contribution in [0.25, 0.3) is 0 Å². The highest BCUT2D eigenvalue weighted by molar-refractivity contribution is 6.31. The molecule has 0 saturated carbocycles. The number of nitrogens with one attached hydrogen (secondary N) is 1. The van der Waals surface area contributed by atoms with Gasteiger partial charge in [0.05, 0.1) is 6.42 Å². The van der Waals surface area contributed by atoms with Crippen molar-refractivity contribution in [2.24, 2.45) is 0 Å². The van der Waals surface area contributed by atoms with Gasteiger partial charge in [0.2, 0.25) is 6.79 Å². The van der Waals surface area contributed by atoms with Crippen LogP contribution in [0.4, 0.5) is 5.69 Å². The Morgan fingerprint density at radius 2 is 1.96 bits per heavy atom. The first-order valence-corrected chi connectivity index (χ1v) is 8.04. The molecule has 0 unspecified atom stereocenters. The van der Waals surface area contributed by atoms with Crippen LogP contribution in [-0.4, -0.2) is 24.8 Å². The summed E-state index contributed by atoms with van der Waals surface area (Å²) in [5.41, 5.74) is 1.18. The summed E-state index contributed by atoms with van der Waals surface area (Å²) >= 11 is 6.01. The van der Waals surface area contributed by atoms with Gasteiger partial charge in [-0.3, -0.25) is 9.59 Å². The van der Waals surface area contributed by atoms with E-state index in [2.05, 4.69) is 5.32 Å². The van der Waals surface area contributed by atoms with Gasteiger partial charge < -0.3 is 19.5 Å². The molecule has 0 fully saturated rings. The zero-order chi connectivity index (χ0) is 17.8. The highest BCUT2D eigenvalue weighted by atomic mass is 35.5. The van der Waals surface area contributed by atoms with E-state index in [-0.39, 0.29) is 13.2 Å². The smallest absolute Gasteiger partial charge is 0.311 e. The third-order valence-electron chi connectivity index (χ3n) is 3.61. The second kappa shape index (κ2) is 7.44. The summed E-state index contributed by atoms with van der Waals surface area (Å²) in [7, 11) is 0. The Bertz CT molecular complexity index is 808. The number of carbonyl (C=O) groups excluding carboxylic acids is 2. The van der Waals surface area contributed by atoms with E-state index in [1.807, 2.05) is 0 Å². The molecule has 1 aliphatic rings. The molecule has 0 radical (unpaired) electrons. The second-order valence-electron chi connectivity index (χ2n) is 5.46. The fourth-order valence-corrected chi connectivity index (χ4v) is 2.51. The van der Waals surface area contributed by atoms with Crippen molar-refractivity contribution in [2.45, 2.75) is 19.4 Å². The Labute approximate surface area is 149 Å². The van der Waals surface area contributed by atoms with E-state index in [0.29, 0.717) is 27.8 Å². The minimum absolute atomic E-state index is 0.00131. The number of benzene rings is 2. The molecule has 2 aromatic rings. The van der Waals surface area contributed by atoms with Crippen LogP contribution >= 0.6 is 11.6 Å². The molecule has 0 bridgehead atoms. The molecule has 0 aliphatic carbocycles. The summed E-state index contributed by atoms with van der Waals surface area (Å²) in [6.07, 6.45) is -0.943.